The Morgan fingerprint density at radius 2 is 0.654 bits per heavy atom. The molecule has 0 bridgehead atoms. The summed E-state index contributed by atoms with van der Waals surface area (Å²) < 4.78 is 7.40. The van der Waals surface area contributed by atoms with Crippen molar-refractivity contribution in [1.82, 2.24) is 13.7 Å². The molecule has 384 valence electrons. The van der Waals surface area contributed by atoms with Gasteiger partial charge in [-0.1, -0.05) is 184 Å². The van der Waals surface area contributed by atoms with E-state index in [2.05, 4.69) is 288 Å². The van der Waals surface area contributed by atoms with E-state index in [1.807, 2.05) is 0 Å². The molecule has 0 N–H and O–H groups in total. The number of para-hydroxylation sites is 1. The van der Waals surface area contributed by atoms with Crippen LogP contribution in [0.2, 0.25) is 0 Å². The van der Waals surface area contributed by atoms with E-state index < -0.39 is 0 Å². The van der Waals surface area contributed by atoms with Crippen molar-refractivity contribution in [3.05, 3.63) is 277 Å². The van der Waals surface area contributed by atoms with Crippen molar-refractivity contribution in [3.8, 4) is 61.6 Å². The van der Waals surface area contributed by atoms with E-state index in [-0.39, 0.29) is 0 Å². The van der Waals surface area contributed by atoms with Crippen LogP contribution < -0.4 is 0 Å². The molecule has 0 unspecified atom stereocenters. The van der Waals surface area contributed by atoms with Gasteiger partial charge in [0.15, 0.2) is 0 Å². The summed E-state index contributed by atoms with van der Waals surface area (Å²) in [7, 11) is 0. The Labute approximate surface area is 471 Å². The van der Waals surface area contributed by atoms with Crippen LogP contribution in [0.15, 0.2) is 255 Å². The number of allylic oxidation sites excluding steroid dienone is 1. The van der Waals surface area contributed by atoms with Gasteiger partial charge in [-0.15, -0.1) is 0 Å². The average Bonchev–Trinajstić information content (AvgIpc) is 4.35. The molecule has 16 rings (SSSR count). The number of rotatable bonds is 9. The Kier molecular flexibility index (Phi) is 11.0. The molecule has 1 aliphatic rings. The average molecular weight is 1040 g/mol. The summed E-state index contributed by atoms with van der Waals surface area (Å²) >= 11 is 0. The summed E-state index contributed by atoms with van der Waals surface area (Å²) in [6.07, 6.45) is 8.83. The van der Waals surface area contributed by atoms with Crippen LogP contribution in [0.1, 0.15) is 42.7 Å². The highest BCUT2D eigenvalue weighted by Crippen LogP contribution is 2.46. The molecule has 3 heteroatoms. The van der Waals surface area contributed by atoms with Gasteiger partial charge in [-0.3, -0.25) is 0 Å². The zero-order chi connectivity index (χ0) is 53.7. The minimum atomic E-state index is 1.02. The SMILES string of the molecule is CCc1ccc(-n2c3c(c4cc(-c5ccc6c(c5)c5cc(-c7ccc8c(c7)c7ccccc7n8-c7ccc(CC)cc7)ccc5n6-c5ccc(-c6c7ccccc7c(-c7ccccc7)c7ccccc67)cc5)ccc42)C=CCC3)cc1. The van der Waals surface area contributed by atoms with E-state index in [0.717, 1.165) is 31.4 Å². The molecule has 0 saturated carbocycles. The molecule has 0 atom stereocenters. The van der Waals surface area contributed by atoms with Crippen LogP contribution in [0.4, 0.5) is 0 Å². The lowest BCUT2D eigenvalue weighted by atomic mass is 9.86. The van der Waals surface area contributed by atoms with Gasteiger partial charge in [-0.05, 0) is 194 Å². The zero-order valence-corrected chi connectivity index (χ0v) is 45.5. The molecule has 0 aliphatic heterocycles. The molecule has 3 nitrogen and oxygen atoms in total. The second-order valence-corrected chi connectivity index (χ2v) is 22.0. The normalized spacial score (nSPS) is 12.5. The Morgan fingerprint density at radius 3 is 1.14 bits per heavy atom. The van der Waals surface area contributed by atoms with Crippen molar-refractivity contribution in [2.45, 2.75) is 39.5 Å². The van der Waals surface area contributed by atoms with Crippen molar-refractivity contribution in [3.63, 3.8) is 0 Å². The van der Waals surface area contributed by atoms with Gasteiger partial charge in [-0.2, -0.15) is 0 Å². The van der Waals surface area contributed by atoms with Crippen LogP contribution in [0, 0.1) is 0 Å². The summed E-state index contributed by atoms with van der Waals surface area (Å²) in [6, 6.07) is 93.6. The molecule has 0 fully saturated rings. The summed E-state index contributed by atoms with van der Waals surface area (Å²) in [5, 5.41) is 11.3. The minimum absolute atomic E-state index is 1.02. The molecular weight excluding hydrogens is 979 g/mol. The van der Waals surface area contributed by atoms with Gasteiger partial charge in [0, 0.05) is 55.3 Å². The lowest BCUT2D eigenvalue weighted by Gasteiger charge is -2.18. The van der Waals surface area contributed by atoms with Crippen molar-refractivity contribution >= 4 is 82.1 Å². The van der Waals surface area contributed by atoms with Gasteiger partial charge < -0.3 is 13.7 Å². The van der Waals surface area contributed by atoms with Gasteiger partial charge in [0.05, 0.1) is 27.6 Å². The fourth-order valence-electron chi connectivity index (χ4n) is 13.7. The van der Waals surface area contributed by atoms with Gasteiger partial charge in [0.1, 0.15) is 0 Å². The number of benzene rings is 12. The highest BCUT2D eigenvalue weighted by Gasteiger charge is 2.22. The highest BCUT2D eigenvalue weighted by atomic mass is 15.0. The van der Waals surface area contributed by atoms with Gasteiger partial charge in [0.2, 0.25) is 0 Å². The summed E-state index contributed by atoms with van der Waals surface area (Å²) in [5.41, 5.74) is 24.8. The molecule has 0 spiro atoms. The molecule has 3 aromatic heterocycles. The van der Waals surface area contributed by atoms with Crippen molar-refractivity contribution in [2.24, 2.45) is 0 Å². The maximum absolute atomic E-state index is 2.50. The number of aromatic nitrogens is 3. The number of hydrogen-bond acceptors (Lipinski definition) is 0. The third kappa shape index (κ3) is 7.49. The molecule has 0 radical (unpaired) electrons. The van der Waals surface area contributed by atoms with Crippen LogP contribution >= 0.6 is 0 Å². The maximum Gasteiger partial charge on any atom is 0.0541 e. The molecule has 12 aromatic carbocycles. The minimum Gasteiger partial charge on any atom is -0.313 e. The standard InChI is InChI=1S/C78H57N3/c1-3-50-26-36-58(37-27-50)79-71-24-14-12-18-61(71)67-46-54(32-42-73(67)79)56-34-44-75-69(48-56)70-49-57(55-33-43-74-68(47-55)62-19-13-15-25-72(62)80(74)59-38-28-51(4-2)29-39-59)35-45-76(70)81(75)60-40-30-53(31-41-60)78-65-22-10-8-20-63(65)77(52-16-6-5-7-17-52)64-21-9-11-23-66(64)78/h5-14,16-24,26-49H,3-4,15,25H2,1-2H3. The first-order chi connectivity index (χ1) is 40.1. The number of hydrogen-bond donors (Lipinski definition) is 0. The number of fused-ring (bicyclic) bond motifs is 11. The number of nitrogens with zero attached hydrogens (tertiary/aromatic N) is 3. The van der Waals surface area contributed by atoms with E-state index in [4.69, 9.17) is 0 Å². The summed E-state index contributed by atoms with van der Waals surface area (Å²) in [4.78, 5) is 0. The second kappa shape index (κ2) is 18.9. The predicted octanol–water partition coefficient (Wildman–Crippen LogP) is 20.9. The Balaban J connectivity index is 0.869. The largest absolute Gasteiger partial charge is 0.313 e. The van der Waals surface area contributed by atoms with Gasteiger partial charge in [0.25, 0.3) is 0 Å². The van der Waals surface area contributed by atoms with E-state index in [0.29, 0.717) is 0 Å². The Hall–Kier alpha value is -9.96. The van der Waals surface area contributed by atoms with Crippen molar-refractivity contribution in [1.29, 1.82) is 0 Å². The topological polar surface area (TPSA) is 14.8 Å². The van der Waals surface area contributed by atoms with E-state index >= 15 is 0 Å². The van der Waals surface area contributed by atoms with Crippen LogP contribution in [-0.4, -0.2) is 13.7 Å². The third-order valence-electron chi connectivity index (χ3n) is 17.7. The molecule has 3 heterocycles. The zero-order valence-electron chi connectivity index (χ0n) is 45.5. The Morgan fingerprint density at radius 1 is 0.296 bits per heavy atom. The molecule has 0 saturated heterocycles. The molecule has 1 aliphatic carbocycles. The van der Waals surface area contributed by atoms with Gasteiger partial charge in [-0.25, -0.2) is 0 Å². The fourth-order valence-corrected chi connectivity index (χ4v) is 13.7. The third-order valence-corrected chi connectivity index (χ3v) is 17.7. The van der Waals surface area contributed by atoms with Crippen LogP contribution in [0.5, 0.6) is 0 Å². The first kappa shape index (κ1) is 47.1. The summed E-state index contributed by atoms with van der Waals surface area (Å²) in [6.45, 7) is 4.44. The van der Waals surface area contributed by atoms with Crippen molar-refractivity contribution in [2.75, 3.05) is 0 Å². The molecular formula is C78H57N3. The maximum atomic E-state index is 2.50. The van der Waals surface area contributed by atoms with E-state index in [9.17, 15) is 0 Å². The fraction of sp³-hybridized carbons (Fsp3) is 0.0769. The highest BCUT2D eigenvalue weighted by molar-refractivity contribution is 6.21. The van der Waals surface area contributed by atoms with Crippen molar-refractivity contribution < 1.29 is 0 Å². The van der Waals surface area contributed by atoms with E-state index in [1.54, 1.807) is 0 Å². The van der Waals surface area contributed by atoms with Crippen LogP contribution in [0.25, 0.3) is 144 Å². The number of aryl methyl sites for hydroxylation is 2. The Bertz CT molecular complexity index is 4970. The van der Waals surface area contributed by atoms with Gasteiger partial charge >= 0.3 is 0 Å². The van der Waals surface area contributed by atoms with Crippen LogP contribution in [0.3, 0.4) is 0 Å². The smallest absolute Gasteiger partial charge is 0.0541 e. The first-order valence-corrected chi connectivity index (χ1v) is 28.8. The quantitative estimate of drug-likeness (QED) is 0.128. The monoisotopic (exact) mass is 1040 g/mol. The summed E-state index contributed by atoms with van der Waals surface area (Å²) in [5.74, 6) is 0. The molecule has 81 heavy (non-hydrogen) atoms. The lowest BCUT2D eigenvalue weighted by molar-refractivity contribution is 0.888. The lowest BCUT2D eigenvalue weighted by Crippen LogP contribution is -2.03. The first-order valence-electron chi connectivity index (χ1n) is 28.8. The molecule has 0 amide bonds. The molecule has 15 aromatic rings. The van der Waals surface area contributed by atoms with Crippen LogP contribution in [-0.2, 0) is 19.3 Å². The second-order valence-electron chi connectivity index (χ2n) is 22.0. The van der Waals surface area contributed by atoms with E-state index in [1.165, 1.54) is 154 Å². The predicted molar refractivity (Wildman–Crippen MR) is 345 cm³/mol.